The van der Waals surface area contributed by atoms with Crippen molar-refractivity contribution in [3.05, 3.63) is 64.5 Å². The van der Waals surface area contributed by atoms with Crippen molar-refractivity contribution >= 4 is 17.3 Å². The zero-order valence-electron chi connectivity index (χ0n) is 13.6. The number of amides is 1. The van der Waals surface area contributed by atoms with Crippen LogP contribution >= 0.6 is 0 Å². The lowest BCUT2D eigenvalue weighted by atomic mass is 10.3. The molecule has 0 aliphatic heterocycles. The van der Waals surface area contributed by atoms with E-state index in [1.165, 1.54) is 36.4 Å². The standard InChI is InChI=1S/C17H18FN3O4/c1-12(25-16-8-2-13(18)3-9-16)17(22)20-11-10-19-14-4-6-15(7-5-14)21(23)24/h2-9,12,19H,10-11H2,1H3,(H,20,22)/t12-/m1/s1. The second kappa shape index (κ2) is 8.62. The summed E-state index contributed by atoms with van der Waals surface area (Å²) in [4.78, 5) is 22.0. The van der Waals surface area contributed by atoms with E-state index in [0.717, 1.165) is 5.69 Å². The van der Waals surface area contributed by atoms with Gasteiger partial charge in [0.25, 0.3) is 11.6 Å². The lowest BCUT2D eigenvalue weighted by molar-refractivity contribution is -0.384. The molecule has 8 heteroatoms. The van der Waals surface area contributed by atoms with Crippen LogP contribution < -0.4 is 15.4 Å². The molecule has 25 heavy (non-hydrogen) atoms. The Balaban J connectivity index is 1.70. The Morgan fingerprint density at radius 1 is 1.16 bits per heavy atom. The predicted octanol–water partition coefficient (Wildman–Crippen LogP) is 2.73. The third-order valence-corrected chi connectivity index (χ3v) is 3.33. The molecule has 1 amide bonds. The Labute approximate surface area is 144 Å². The molecule has 2 rings (SSSR count). The molecule has 0 saturated carbocycles. The third-order valence-electron chi connectivity index (χ3n) is 3.33. The highest BCUT2D eigenvalue weighted by molar-refractivity contribution is 5.80. The van der Waals surface area contributed by atoms with Crippen molar-refractivity contribution in [3.63, 3.8) is 0 Å². The number of nitro groups is 1. The summed E-state index contributed by atoms with van der Waals surface area (Å²) in [5.41, 5.74) is 0.737. The maximum Gasteiger partial charge on any atom is 0.269 e. The fourth-order valence-electron chi connectivity index (χ4n) is 2.01. The molecule has 0 saturated heterocycles. The Morgan fingerprint density at radius 3 is 2.40 bits per heavy atom. The number of carbonyl (C=O) groups excluding carboxylic acids is 1. The number of carbonyl (C=O) groups is 1. The van der Waals surface area contributed by atoms with Gasteiger partial charge in [0.1, 0.15) is 11.6 Å². The van der Waals surface area contributed by atoms with Gasteiger partial charge >= 0.3 is 0 Å². The molecule has 0 fully saturated rings. The van der Waals surface area contributed by atoms with Crippen molar-refractivity contribution in [3.8, 4) is 5.75 Å². The van der Waals surface area contributed by atoms with Crippen molar-refractivity contribution in [2.24, 2.45) is 0 Å². The summed E-state index contributed by atoms with van der Waals surface area (Å²) in [6, 6.07) is 11.4. The van der Waals surface area contributed by atoms with E-state index in [1.807, 2.05) is 0 Å². The molecule has 0 heterocycles. The van der Waals surface area contributed by atoms with Gasteiger partial charge in [0.2, 0.25) is 0 Å². The van der Waals surface area contributed by atoms with Gasteiger partial charge in [0, 0.05) is 30.9 Å². The Kier molecular flexibility index (Phi) is 6.27. The van der Waals surface area contributed by atoms with Gasteiger partial charge < -0.3 is 15.4 Å². The average Bonchev–Trinajstić information content (AvgIpc) is 2.60. The number of non-ortho nitro benzene ring substituents is 1. The van der Waals surface area contributed by atoms with Crippen molar-refractivity contribution in [2.45, 2.75) is 13.0 Å². The molecule has 1 atom stereocenters. The number of anilines is 1. The molecule has 0 unspecified atom stereocenters. The minimum Gasteiger partial charge on any atom is -0.481 e. The van der Waals surface area contributed by atoms with Crippen LogP contribution in [0, 0.1) is 15.9 Å². The van der Waals surface area contributed by atoms with Gasteiger partial charge in [-0.2, -0.15) is 0 Å². The normalized spacial score (nSPS) is 11.4. The highest BCUT2D eigenvalue weighted by Gasteiger charge is 2.13. The van der Waals surface area contributed by atoms with Gasteiger partial charge in [-0.3, -0.25) is 14.9 Å². The van der Waals surface area contributed by atoms with Crippen LogP contribution in [0.1, 0.15) is 6.92 Å². The molecule has 0 radical (unpaired) electrons. The topological polar surface area (TPSA) is 93.5 Å². The first kappa shape index (κ1) is 18.2. The summed E-state index contributed by atoms with van der Waals surface area (Å²) in [7, 11) is 0. The minimum absolute atomic E-state index is 0.0191. The molecule has 0 spiro atoms. The van der Waals surface area contributed by atoms with Crippen LogP contribution in [0.4, 0.5) is 15.8 Å². The third kappa shape index (κ3) is 5.76. The fourth-order valence-corrected chi connectivity index (χ4v) is 2.01. The fraction of sp³-hybridized carbons (Fsp3) is 0.235. The zero-order valence-corrected chi connectivity index (χ0v) is 13.6. The van der Waals surface area contributed by atoms with Gasteiger partial charge in [-0.15, -0.1) is 0 Å². The maximum atomic E-state index is 12.8. The summed E-state index contributed by atoms with van der Waals surface area (Å²) in [5.74, 6) is -0.260. The molecule has 2 aromatic rings. The SMILES string of the molecule is C[C@@H](Oc1ccc(F)cc1)C(=O)NCCNc1ccc([N+](=O)[O-])cc1. The largest absolute Gasteiger partial charge is 0.481 e. The summed E-state index contributed by atoms with van der Waals surface area (Å²) < 4.78 is 18.2. The monoisotopic (exact) mass is 347 g/mol. The van der Waals surface area contributed by atoms with Crippen LogP contribution in [0.2, 0.25) is 0 Å². The second-order valence-corrected chi connectivity index (χ2v) is 5.24. The molecular formula is C17H18FN3O4. The Hall–Kier alpha value is -3.16. The maximum absolute atomic E-state index is 12.8. The quantitative estimate of drug-likeness (QED) is 0.435. The summed E-state index contributed by atoms with van der Waals surface area (Å²) in [6.07, 6.45) is -0.718. The van der Waals surface area contributed by atoms with Crippen LogP contribution in [0.15, 0.2) is 48.5 Å². The van der Waals surface area contributed by atoms with Gasteiger partial charge in [0.05, 0.1) is 4.92 Å². The number of rotatable bonds is 8. The summed E-state index contributed by atoms with van der Waals surface area (Å²) in [6.45, 7) is 2.40. The second-order valence-electron chi connectivity index (χ2n) is 5.24. The molecule has 0 aliphatic carbocycles. The summed E-state index contributed by atoms with van der Waals surface area (Å²) in [5, 5.41) is 16.3. The highest BCUT2D eigenvalue weighted by Crippen LogP contribution is 2.15. The lowest BCUT2D eigenvalue weighted by Crippen LogP contribution is -2.38. The number of ether oxygens (including phenoxy) is 1. The van der Waals surface area contributed by atoms with Crippen molar-refractivity contribution in [1.82, 2.24) is 5.32 Å². The molecular weight excluding hydrogens is 329 g/mol. The van der Waals surface area contributed by atoms with Crippen LogP contribution in [0.3, 0.4) is 0 Å². The predicted molar refractivity (Wildman–Crippen MR) is 91.1 cm³/mol. The smallest absolute Gasteiger partial charge is 0.269 e. The first-order valence-electron chi connectivity index (χ1n) is 7.64. The molecule has 132 valence electrons. The van der Waals surface area contributed by atoms with Crippen molar-refractivity contribution in [2.75, 3.05) is 18.4 Å². The van der Waals surface area contributed by atoms with Crippen LogP contribution in [-0.4, -0.2) is 30.0 Å². The van der Waals surface area contributed by atoms with Crippen LogP contribution in [-0.2, 0) is 4.79 Å². The molecule has 2 aromatic carbocycles. The minimum atomic E-state index is -0.718. The molecule has 0 aliphatic rings. The van der Waals surface area contributed by atoms with Crippen molar-refractivity contribution in [1.29, 1.82) is 0 Å². The summed E-state index contributed by atoms with van der Waals surface area (Å²) >= 11 is 0. The average molecular weight is 347 g/mol. The molecule has 7 nitrogen and oxygen atoms in total. The number of nitrogens with zero attached hydrogens (tertiary/aromatic N) is 1. The number of hydrogen-bond donors (Lipinski definition) is 2. The Morgan fingerprint density at radius 2 is 1.80 bits per heavy atom. The van der Waals surface area contributed by atoms with E-state index in [4.69, 9.17) is 4.74 Å². The van der Waals surface area contributed by atoms with Gasteiger partial charge in [-0.25, -0.2) is 4.39 Å². The first-order chi connectivity index (χ1) is 12.0. The number of benzene rings is 2. The van der Waals surface area contributed by atoms with Crippen molar-refractivity contribution < 1.29 is 18.8 Å². The Bertz CT molecular complexity index is 720. The van der Waals surface area contributed by atoms with E-state index in [9.17, 15) is 19.3 Å². The van der Waals surface area contributed by atoms with E-state index in [1.54, 1.807) is 19.1 Å². The van der Waals surface area contributed by atoms with Crippen LogP contribution in [0.5, 0.6) is 5.75 Å². The number of nitrogens with one attached hydrogen (secondary N) is 2. The number of halogens is 1. The van der Waals surface area contributed by atoms with Crippen LogP contribution in [0.25, 0.3) is 0 Å². The van der Waals surface area contributed by atoms with E-state index in [-0.39, 0.29) is 17.4 Å². The van der Waals surface area contributed by atoms with Gasteiger partial charge in [0.15, 0.2) is 6.10 Å². The first-order valence-corrected chi connectivity index (χ1v) is 7.64. The molecule has 2 N–H and O–H groups in total. The van der Waals surface area contributed by atoms with E-state index < -0.39 is 11.0 Å². The lowest BCUT2D eigenvalue weighted by Gasteiger charge is -2.15. The zero-order chi connectivity index (χ0) is 18.2. The number of hydrogen-bond acceptors (Lipinski definition) is 5. The highest BCUT2D eigenvalue weighted by atomic mass is 19.1. The molecule has 0 bridgehead atoms. The van der Waals surface area contributed by atoms with Gasteiger partial charge in [-0.1, -0.05) is 0 Å². The van der Waals surface area contributed by atoms with Gasteiger partial charge in [-0.05, 0) is 43.3 Å². The van der Waals surface area contributed by atoms with E-state index >= 15 is 0 Å². The van der Waals surface area contributed by atoms with E-state index in [2.05, 4.69) is 10.6 Å². The number of nitro benzene ring substituents is 1. The molecule has 0 aromatic heterocycles. The van der Waals surface area contributed by atoms with E-state index in [0.29, 0.717) is 18.8 Å².